The highest BCUT2D eigenvalue weighted by Crippen LogP contribution is 2.33. The monoisotopic (exact) mass is 370 g/mol. The summed E-state index contributed by atoms with van der Waals surface area (Å²) in [5.74, 6) is -1.07. The summed E-state index contributed by atoms with van der Waals surface area (Å²) in [6, 6.07) is 16.9. The van der Waals surface area contributed by atoms with Gasteiger partial charge >= 0.3 is 5.97 Å². The molecule has 1 N–H and O–H groups in total. The van der Waals surface area contributed by atoms with Crippen molar-refractivity contribution in [2.24, 2.45) is 5.10 Å². The first kappa shape index (κ1) is 18.1. The van der Waals surface area contributed by atoms with Crippen LogP contribution < -0.4 is 0 Å². The average molecular weight is 371 g/mol. The first-order valence-electron chi connectivity index (χ1n) is 8.47. The molecule has 2 aromatic carbocycles. The van der Waals surface area contributed by atoms with Crippen molar-refractivity contribution in [2.45, 2.75) is 31.7 Å². The molecule has 0 radical (unpaired) electrons. The van der Waals surface area contributed by atoms with Crippen molar-refractivity contribution in [3.8, 4) is 0 Å². The number of hydrazone groups is 1. The molecule has 3 rings (SSSR count). The standard InChI is InChI=1S/C20H19ClN2O3/c21-16-11-9-15(10-12-16)18-13-17(14-5-2-1-3-6-14)22-23(18)19(24)7-4-8-20(25)26/h1-3,5-6,9-12,18H,4,7-8,13H2,(H,25,26)/t18-/m1/s1. The van der Waals surface area contributed by atoms with Gasteiger partial charge in [0.05, 0.1) is 11.8 Å². The van der Waals surface area contributed by atoms with E-state index in [-0.39, 0.29) is 24.8 Å². The van der Waals surface area contributed by atoms with Gasteiger partial charge in [0.2, 0.25) is 5.91 Å². The van der Waals surface area contributed by atoms with Gasteiger partial charge in [-0.05, 0) is 29.7 Å². The summed E-state index contributed by atoms with van der Waals surface area (Å²) in [5, 5.41) is 15.5. The fraction of sp³-hybridized carbons (Fsp3) is 0.250. The SMILES string of the molecule is O=C(O)CCCC(=O)N1N=C(c2ccccc2)C[C@@H]1c1ccc(Cl)cc1. The highest BCUT2D eigenvalue weighted by molar-refractivity contribution is 6.30. The van der Waals surface area contributed by atoms with Crippen molar-refractivity contribution in [3.63, 3.8) is 0 Å². The van der Waals surface area contributed by atoms with E-state index in [9.17, 15) is 9.59 Å². The Hall–Kier alpha value is -2.66. The van der Waals surface area contributed by atoms with Crippen LogP contribution in [0.1, 0.15) is 42.9 Å². The maximum absolute atomic E-state index is 12.7. The lowest BCUT2D eigenvalue weighted by Gasteiger charge is -2.22. The summed E-state index contributed by atoms with van der Waals surface area (Å²) in [4.78, 5) is 23.3. The predicted octanol–water partition coefficient (Wildman–Crippen LogP) is 4.27. The molecule has 134 valence electrons. The molecule has 2 aromatic rings. The lowest BCUT2D eigenvalue weighted by molar-refractivity contribution is -0.137. The molecule has 1 heterocycles. The zero-order chi connectivity index (χ0) is 18.5. The number of carbonyl (C=O) groups excluding carboxylic acids is 1. The van der Waals surface area contributed by atoms with Crippen molar-refractivity contribution >= 4 is 29.2 Å². The molecule has 0 saturated carbocycles. The second-order valence-electron chi connectivity index (χ2n) is 6.17. The zero-order valence-corrected chi connectivity index (χ0v) is 14.9. The molecule has 0 fully saturated rings. The summed E-state index contributed by atoms with van der Waals surface area (Å²) < 4.78 is 0. The van der Waals surface area contributed by atoms with Crippen LogP contribution in [0.25, 0.3) is 0 Å². The van der Waals surface area contributed by atoms with Crippen LogP contribution in [0.2, 0.25) is 5.02 Å². The first-order chi connectivity index (χ1) is 12.5. The van der Waals surface area contributed by atoms with Crippen molar-refractivity contribution < 1.29 is 14.7 Å². The van der Waals surface area contributed by atoms with E-state index in [2.05, 4.69) is 5.10 Å². The highest BCUT2D eigenvalue weighted by atomic mass is 35.5. The number of carboxylic acid groups (broad SMARTS) is 1. The number of rotatable bonds is 6. The van der Waals surface area contributed by atoms with E-state index in [0.29, 0.717) is 17.9 Å². The third kappa shape index (κ3) is 4.29. The Balaban J connectivity index is 1.83. The van der Waals surface area contributed by atoms with E-state index in [1.54, 1.807) is 12.1 Å². The molecule has 0 aliphatic carbocycles. The number of nitrogens with zero attached hydrogens (tertiary/aromatic N) is 2. The van der Waals surface area contributed by atoms with E-state index in [0.717, 1.165) is 16.8 Å². The van der Waals surface area contributed by atoms with Crippen LogP contribution in [0.5, 0.6) is 0 Å². The van der Waals surface area contributed by atoms with Gasteiger partial charge in [0.25, 0.3) is 0 Å². The molecular formula is C20H19ClN2O3. The zero-order valence-electron chi connectivity index (χ0n) is 14.1. The third-order valence-corrected chi connectivity index (χ3v) is 4.56. The molecule has 26 heavy (non-hydrogen) atoms. The fourth-order valence-corrected chi connectivity index (χ4v) is 3.12. The molecule has 0 saturated heterocycles. The maximum Gasteiger partial charge on any atom is 0.303 e. The molecule has 1 amide bonds. The van der Waals surface area contributed by atoms with E-state index in [1.807, 2.05) is 42.5 Å². The van der Waals surface area contributed by atoms with Crippen LogP contribution in [0.4, 0.5) is 0 Å². The lowest BCUT2D eigenvalue weighted by atomic mass is 9.98. The van der Waals surface area contributed by atoms with Crippen LogP contribution >= 0.6 is 11.6 Å². The molecule has 0 aromatic heterocycles. The highest BCUT2D eigenvalue weighted by Gasteiger charge is 2.32. The molecule has 1 aliphatic heterocycles. The summed E-state index contributed by atoms with van der Waals surface area (Å²) in [6.07, 6.45) is 1.03. The molecule has 5 nitrogen and oxygen atoms in total. The van der Waals surface area contributed by atoms with E-state index < -0.39 is 5.97 Å². The van der Waals surface area contributed by atoms with E-state index >= 15 is 0 Å². The van der Waals surface area contributed by atoms with Gasteiger partial charge in [0.1, 0.15) is 0 Å². The van der Waals surface area contributed by atoms with Gasteiger partial charge in [-0.2, -0.15) is 5.10 Å². The summed E-state index contributed by atoms with van der Waals surface area (Å²) >= 11 is 5.98. The lowest BCUT2D eigenvalue weighted by Crippen LogP contribution is -2.27. The summed E-state index contributed by atoms with van der Waals surface area (Å²) in [6.45, 7) is 0. The topological polar surface area (TPSA) is 70.0 Å². The number of benzene rings is 2. The average Bonchev–Trinajstić information content (AvgIpc) is 3.08. The quantitative estimate of drug-likeness (QED) is 0.825. The molecular weight excluding hydrogens is 352 g/mol. The Morgan fingerprint density at radius 1 is 1.08 bits per heavy atom. The molecule has 0 bridgehead atoms. The van der Waals surface area contributed by atoms with Gasteiger partial charge in [-0.1, -0.05) is 54.1 Å². The van der Waals surface area contributed by atoms with Crippen molar-refractivity contribution in [3.05, 3.63) is 70.7 Å². The number of carbonyl (C=O) groups is 2. The minimum absolute atomic E-state index is 0.0273. The van der Waals surface area contributed by atoms with Crippen molar-refractivity contribution in [1.29, 1.82) is 0 Å². The number of hydrogen-bond acceptors (Lipinski definition) is 3. The van der Waals surface area contributed by atoms with Crippen LogP contribution in [-0.4, -0.2) is 27.7 Å². The Morgan fingerprint density at radius 2 is 1.77 bits per heavy atom. The van der Waals surface area contributed by atoms with Crippen LogP contribution in [0.15, 0.2) is 59.7 Å². The first-order valence-corrected chi connectivity index (χ1v) is 8.84. The van der Waals surface area contributed by atoms with Gasteiger partial charge in [-0.15, -0.1) is 0 Å². The van der Waals surface area contributed by atoms with Gasteiger partial charge < -0.3 is 5.11 Å². The predicted molar refractivity (Wildman–Crippen MR) is 100 cm³/mol. The summed E-state index contributed by atoms with van der Waals surface area (Å²) in [5.41, 5.74) is 2.78. The number of carboxylic acids is 1. The van der Waals surface area contributed by atoms with Gasteiger partial charge in [-0.25, -0.2) is 5.01 Å². The van der Waals surface area contributed by atoms with Gasteiger partial charge in [0, 0.05) is 24.3 Å². The van der Waals surface area contributed by atoms with E-state index in [1.165, 1.54) is 5.01 Å². The molecule has 6 heteroatoms. The second kappa shape index (κ2) is 8.15. The van der Waals surface area contributed by atoms with E-state index in [4.69, 9.17) is 16.7 Å². The fourth-order valence-electron chi connectivity index (χ4n) is 3.00. The number of halogens is 1. The third-order valence-electron chi connectivity index (χ3n) is 4.31. The van der Waals surface area contributed by atoms with Crippen LogP contribution in [-0.2, 0) is 9.59 Å². The minimum Gasteiger partial charge on any atom is -0.481 e. The number of hydrogen-bond donors (Lipinski definition) is 1. The Labute approximate surface area is 156 Å². The van der Waals surface area contributed by atoms with Crippen LogP contribution in [0.3, 0.4) is 0 Å². The maximum atomic E-state index is 12.7. The number of aliphatic carboxylic acids is 1. The second-order valence-corrected chi connectivity index (χ2v) is 6.61. The smallest absolute Gasteiger partial charge is 0.303 e. The molecule has 0 unspecified atom stereocenters. The Morgan fingerprint density at radius 3 is 2.42 bits per heavy atom. The minimum atomic E-state index is -0.901. The van der Waals surface area contributed by atoms with Gasteiger partial charge in [-0.3, -0.25) is 9.59 Å². The summed E-state index contributed by atoms with van der Waals surface area (Å²) in [7, 11) is 0. The molecule has 0 spiro atoms. The Kier molecular flexibility index (Phi) is 5.68. The van der Waals surface area contributed by atoms with Crippen LogP contribution in [0, 0.1) is 0 Å². The largest absolute Gasteiger partial charge is 0.481 e. The number of amides is 1. The normalized spacial score (nSPS) is 16.4. The Bertz CT molecular complexity index is 819. The van der Waals surface area contributed by atoms with Crippen molar-refractivity contribution in [2.75, 3.05) is 0 Å². The van der Waals surface area contributed by atoms with Gasteiger partial charge in [0.15, 0.2) is 0 Å². The molecule has 1 aliphatic rings. The van der Waals surface area contributed by atoms with Crippen molar-refractivity contribution in [1.82, 2.24) is 5.01 Å². The molecule has 1 atom stereocenters.